The first-order valence-corrected chi connectivity index (χ1v) is 6.21. The third-order valence-corrected chi connectivity index (χ3v) is 4.22. The van der Waals surface area contributed by atoms with Crippen LogP contribution in [0.15, 0.2) is 18.2 Å². The number of nitrogens with zero attached hydrogens (tertiary/aromatic N) is 1. The smallest absolute Gasteiger partial charge is 0.138 e. The highest BCUT2D eigenvalue weighted by atomic mass is 16.6. The molecule has 0 amide bonds. The van der Waals surface area contributed by atoms with Gasteiger partial charge in [0.25, 0.3) is 0 Å². The molecule has 1 saturated carbocycles. The largest absolute Gasteiger partial charge is 0.484 e. The molecule has 17 heavy (non-hydrogen) atoms. The van der Waals surface area contributed by atoms with Gasteiger partial charge in [0.1, 0.15) is 23.6 Å². The fraction of sp³-hybridized carbons (Fsp3) is 0.500. The van der Waals surface area contributed by atoms with Crippen molar-refractivity contribution < 1.29 is 9.47 Å². The van der Waals surface area contributed by atoms with Crippen LogP contribution in [0.4, 0.5) is 0 Å². The summed E-state index contributed by atoms with van der Waals surface area (Å²) in [6, 6.07) is 7.82. The van der Waals surface area contributed by atoms with Crippen LogP contribution in [0.25, 0.3) is 0 Å². The number of hydrogen-bond acceptors (Lipinski definition) is 3. The summed E-state index contributed by atoms with van der Waals surface area (Å²) in [4.78, 5) is 0. The maximum Gasteiger partial charge on any atom is 0.138 e. The molecule has 1 saturated heterocycles. The van der Waals surface area contributed by atoms with Gasteiger partial charge in [-0.25, -0.2) is 0 Å². The molecule has 2 atom stereocenters. The van der Waals surface area contributed by atoms with E-state index < -0.39 is 0 Å². The van der Waals surface area contributed by atoms with Gasteiger partial charge in [0.2, 0.25) is 0 Å². The lowest BCUT2D eigenvalue weighted by Gasteiger charge is -2.32. The van der Waals surface area contributed by atoms with Gasteiger partial charge in [-0.2, -0.15) is 5.26 Å². The summed E-state index contributed by atoms with van der Waals surface area (Å²) < 4.78 is 12.0. The molecule has 0 aromatic heterocycles. The van der Waals surface area contributed by atoms with E-state index in [1.54, 1.807) is 0 Å². The summed E-state index contributed by atoms with van der Waals surface area (Å²) in [5.41, 5.74) is 1.68. The predicted molar refractivity (Wildman–Crippen MR) is 60.6 cm³/mol. The number of benzene rings is 1. The van der Waals surface area contributed by atoms with Crippen LogP contribution in [0.1, 0.15) is 42.9 Å². The molecule has 0 radical (unpaired) electrons. The van der Waals surface area contributed by atoms with E-state index in [2.05, 4.69) is 6.07 Å². The molecule has 1 aromatic carbocycles. The van der Waals surface area contributed by atoms with Gasteiger partial charge in [0.05, 0.1) is 11.6 Å². The highest BCUT2D eigenvalue weighted by molar-refractivity contribution is 5.48. The van der Waals surface area contributed by atoms with Crippen molar-refractivity contribution in [2.45, 2.75) is 43.5 Å². The van der Waals surface area contributed by atoms with Gasteiger partial charge in [-0.3, -0.25) is 0 Å². The second-order valence-corrected chi connectivity index (χ2v) is 5.22. The maximum atomic E-state index is 8.91. The number of epoxide rings is 1. The summed E-state index contributed by atoms with van der Waals surface area (Å²) in [5, 5.41) is 8.91. The van der Waals surface area contributed by atoms with Crippen molar-refractivity contribution in [2.75, 3.05) is 0 Å². The van der Waals surface area contributed by atoms with Crippen molar-refractivity contribution in [2.24, 2.45) is 0 Å². The first-order chi connectivity index (χ1) is 8.32. The minimum atomic E-state index is -0.0637. The Balaban J connectivity index is 1.79. The topological polar surface area (TPSA) is 45.5 Å². The standard InChI is InChI=1S/C14H13NO2/c15-8-9-3-4-11-10(7-9)12-13(16-12)14(17-11)5-1-2-6-14/h3-4,7,12-13H,1-2,5-6H2. The number of nitriles is 1. The molecule has 2 unspecified atom stereocenters. The van der Waals surface area contributed by atoms with E-state index in [-0.39, 0.29) is 17.8 Å². The first-order valence-electron chi connectivity index (χ1n) is 6.21. The highest BCUT2D eigenvalue weighted by Crippen LogP contribution is 2.58. The number of hydrogen-bond donors (Lipinski definition) is 0. The Hall–Kier alpha value is -1.53. The lowest BCUT2D eigenvalue weighted by molar-refractivity contribution is 0.0422. The Morgan fingerprint density at radius 3 is 2.88 bits per heavy atom. The van der Waals surface area contributed by atoms with Crippen molar-refractivity contribution in [3.8, 4) is 11.8 Å². The van der Waals surface area contributed by atoms with E-state index in [1.807, 2.05) is 18.2 Å². The Morgan fingerprint density at radius 2 is 2.12 bits per heavy atom. The molecule has 2 fully saturated rings. The van der Waals surface area contributed by atoms with Crippen LogP contribution in [0.5, 0.6) is 5.75 Å². The lowest BCUT2D eigenvalue weighted by Crippen LogP contribution is -2.41. The molecular weight excluding hydrogens is 214 g/mol. The molecule has 3 heteroatoms. The van der Waals surface area contributed by atoms with Gasteiger partial charge in [-0.05, 0) is 43.9 Å². The summed E-state index contributed by atoms with van der Waals surface area (Å²) in [6.07, 6.45) is 5.08. The SMILES string of the molecule is N#Cc1ccc2c(c1)C1OC1C1(CCCC1)O2. The second kappa shape index (κ2) is 3.02. The molecule has 3 aliphatic rings. The summed E-state index contributed by atoms with van der Waals surface area (Å²) in [5.74, 6) is 0.921. The van der Waals surface area contributed by atoms with E-state index in [0.29, 0.717) is 5.56 Å². The normalized spacial score (nSPS) is 31.2. The molecule has 1 aliphatic carbocycles. The van der Waals surface area contributed by atoms with Gasteiger partial charge < -0.3 is 9.47 Å². The van der Waals surface area contributed by atoms with E-state index in [0.717, 1.165) is 24.2 Å². The molecule has 86 valence electrons. The number of fused-ring (bicyclic) bond motifs is 4. The molecule has 0 N–H and O–H groups in total. The fourth-order valence-corrected chi connectivity index (χ4v) is 3.32. The third kappa shape index (κ3) is 1.19. The number of rotatable bonds is 0. The van der Waals surface area contributed by atoms with Crippen LogP contribution in [-0.2, 0) is 4.74 Å². The molecule has 4 rings (SSSR count). The Kier molecular flexibility index (Phi) is 1.69. The van der Waals surface area contributed by atoms with Gasteiger partial charge in [0, 0.05) is 5.56 Å². The molecule has 0 bridgehead atoms. The van der Waals surface area contributed by atoms with Gasteiger partial charge in [-0.15, -0.1) is 0 Å². The van der Waals surface area contributed by atoms with Crippen LogP contribution in [0.2, 0.25) is 0 Å². The molecule has 1 aromatic rings. The molecule has 2 heterocycles. The van der Waals surface area contributed by atoms with Gasteiger partial charge >= 0.3 is 0 Å². The summed E-state index contributed by atoms with van der Waals surface area (Å²) in [6.45, 7) is 0. The van der Waals surface area contributed by atoms with Crippen molar-refractivity contribution in [3.05, 3.63) is 29.3 Å². The van der Waals surface area contributed by atoms with Gasteiger partial charge in [-0.1, -0.05) is 0 Å². The van der Waals surface area contributed by atoms with E-state index in [1.165, 1.54) is 12.8 Å². The molecule has 3 nitrogen and oxygen atoms in total. The van der Waals surface area contributed by atoms with Crippen molar-refractivity contribution in [1.29, 1.82) is 5.26 Å². The monoisotopic (exact) mass is 227 g/mol. The molecular formula is C14H13NO2. The lowest BCUT2D eigenvalue weighted by atomic mass is 9.89. The van der Waals surface area contributed by atoms with Crippen LogP contribution in [0.3, 0.4) is 0 Å². The zero-order valence-corrected chi connectivity index (χ0v) is 9.48. The highest BCUT2D eigenvalue weighted by Gasteiger charge is 2.61. The Morgan fingerprint density at radius 1 is 1.29 bits per heavy atom. The zero-order valence-electron chi connectivity index (χ0n) is 9.48. The minimum Gasteiger partial charge on any atom is -0.484 e. The summed E-state index contributed by atoms with van der Waals surface area (Å²) in [7, 11) is 0. The predicted octanol–water partition coefficient (Wildman–Crippen LogP) is 2.70. The Bertz CT molecular complexity index is 526. The Labute approximate surface area is 100.0 Å². The van der Waals surface area contributed by atoms with Crippen molar-refractivity contribution in [1.82, 2.24) is 0 Å². The second-order valence-electron chi connectivity index (χ2n) is 5.22. The van der Waals surface area contributed by atoms with Crippen LogP contribution >= 0.6 is 0 Å². The number of ether oxygens (including phenoxy) is 2. The van der Waals surface area contributed by atoms with Crippen LogP contribution in [0, 0.1) is 11.3 Å². The fourth-order valence-electron chi connectivity index (χ4n) is 3.32. The average molecular weight is 227 g/mol. The third-order valence-electron chi connectivity index (χ3n) is 4.22. The first kappa shape index (κ1) is 9.49. The molecule has 1 spiro atoms. The van der Waals surface area contributed by atoms with Crippen LogP contribution in [-0.4, -0.2) is 11.7 Å². The minimum absolute atomic E-state index is 0.0637. The molecule has 2 aliphatic heterocycles. The zero-order chi connectivity index (χ0) is 11.5. The van der Waals surface area contributed by atoms with Crippen molar-refractivity contribution >= 4 is 0 Å². The maximum absolute atomic E-state index is 8.91. The summed E-state index contributed by atoms with van der Waals surface area (Å²) >= 11 is 0. The average Bonchev–Trinajstić information content (AvgIpc) is 3.06. The quantitative estimate of drug-likeness (QED) is 0.640. The van der Waals surface area contributed by atoms with Gasteiger partial charge in [0.15, 0.2) is 0 Å². The van der Waals surface area contributed by atoms with Crippen LogP contribution < -0.4 is 4.74 Å². The van der Waals surface area contributed by atoms with E-state index >= 15 is 0 Å². The van der Waals surface area contributed by atoms with E-state index in [4.69, 9.17) is 14.7 Å². The van der Waals surface area contributed by atoms with E-state index in [9.17, 15) is 0 Å². The van der Waals surface area contributed by atoms with Crippen molar-refractivity contribution in [3.63, 3.8) is 0 Å².